The van der Waals surface area contributed by atoms with Crippen molar-refractivity contribution in [1.82, 2.24) is 10.2 Å². The van der Waals surface area contributed by atoms with E-state index in [-0.39, 0.29) is 17.6 Å². The Hall–Kier alpha value is -1.60. The molecule has 0 unspecified atom stereocenters. The Morgan fingerprint density at radius 3 is 2.75 bits per heavy atom. The van der Waals surface area contributed by atoms with E-state index in [9.17, 15) is 13.5 Å². The van der Waals surface area contributed by atoms with E-state index >= 15 is 0 Å². The average Bonchev–Trinajstić information content (AvgIpc) is 2.97. The van der Waals surface area contributed by atoms with E-state index < -0.39 is 9.84 Å². The molecule has 0 spiro atoms. The molecule has 2 rings (SSSR count). The quantitative estimate of drug-likeness (QED) is 0.435. The lowest BCUT2D eigenvalue weighted by atomic mass is 10.2. The van der Waals surface area contributed by atoms with E-state index in [0.717, 1.165) is 31.0 Å². The van der Waals surface area contributed by atoms with Gasteiger partial charge in [0.2, 0.25) is 0 Å². The average molecular weight is 353 g/mol. The third-order valence-electron chi connectivity index (χ3n) is 3.90. The molecule has 24 heavy (non-hydrogen) atoms. The maximum atomic E-state index is 12.2. The van der Waals surface area contributed by atoms with Gasteiger partial charge in [-0.15, -0.1) is 0 Å². The second kappa shape index (κ2) is 9.03. The van der Waals surface area contributed by atoms with Crippen LogP contribution in [-0.4, -0.2) is 62.4 Å². The van der Waals surface area contributed by atoms with E-state index in [1.807, 2.05) is 42.2 Å². The maximum absolute atomic E-state index is 12.2. The van der Waals surface area contributed by atoms with Crippen LogP contribution < -0.4 is 5.32 Å². The number of β-amino-alcohol motifs (C(OH)–C–C–N with tert-alkyl or cyclic N) is 1. The van der Waals surface area contributed by atoms with Crippen molar-refractivity contribution in [3.05, 3.63) is 35.9 Å². The lowest BCUT2D eigenvalue weighted by Crippen LogP contribution is -2.40. The molecule has 0 saturated carbocycles. The van der Waals surface area contributed by atoms with Crippen molar-refractivity contribution >= 4 is 15.8 Å². The normalized spacial score (nSPS) is 18.8. The van der Waals surface area contributed by atoms with Crippen LogP contribution in [0.5, 0.6) is 0 Å². The molecule has 1 saturated heterocycles. The Labute approximate surface area is 144 Å². The second-order valence-electron chi connectivity index (χ2n) is 6.06. The van der Waals surface area contributed by atoms with Crippen LogP contribution in [0.2, 0.25) is 0 Å². The summed E-state index contributed by atoms with van der Waals surface area (Å²) in [4.78, 5) is 6.52. The lowest BCUT2D eigenvalue weighted by molar-refractivity contribution is 0.188. The molecule has 1 atom stereocenters. The molecule has 0 aromatic heterocycles. The van der Waals surface area contributed by atoms with Gasteiger partial charge >= 0.3 is 0 Å². The summed E-state index contributed by atoms with van der Waals surface area (Å²) in [5.41, 5.74) is 0.820. The monoisotopic (exact) mass is 353 g/mol. The van der Waals surface area contributed by atoms with Gasteiger partial charge in [0, 0.05) is 26.2 Å². The molecule has 2 N–H and O–H groups in total. The van der Waals surface area contributed by atoms with E-state index in [4.69, 9.17) is 0 Å². The number of hydrogen-bond acceptors (Lipinski definition) is 4. The topological polar surface area (TPSA) is 82.0 Å². The minimum absolute atomic E-state index is 0.0793. The summed E-state index contributed by atoms with van der Waals surface area (Å²) in [6, 6.07) is 9.24. The third-order valence-corrected chi connectivity index (χ3v) is 5.59. The summed E-state index contributed by atoms with van der Waals surface area (Å²) >= 11 is 0. The molecule has 0 amide bonds. The van der Waals surface area contributed by atoms with Crippen LogP contribution in [0.15, 0.2) is 35.3 Å². The summed E-state index contributed by atoms with van der Waals surface area (Å²) in [5.74, 6) is 0.970. The fourth-order valence-electron chi connectivity index (χ4n) is 2.73. The first-order valence-electron chi connectivity index (χ1n) is 8.46. The molecule has 1 aliphatic rings. The summed E-state index contributed by atoms with van der Waals surface area (Å²) in [5, 5.41) is 12.8. The van der Waals surface area contributed by atoms with Crippen molar-refractivity contribution in [2.24, 2.45) is 4.99 Å². The van der Waals surface area contributed by atoms with Crippen LogP contribution in [0, 0.1) is 0 Å². The second-order valence-corrected chi connectivity index (χ2v) is 8.24. The number of guanidine groups is 1. The highest BCUT2D eigenvalue weighted by molar-refractivity contribution is 7.90. The smallest absolute Gasteiger partial charge is 0.194 e. The number of nitrogens with zero attached hydrogens (tertiary/aromatic N) is 2. The number of aliphatic hydroxyl groups excluding tert-OH is 1. The molecule has 1 aromatic carbocycles. The predicted octanol–water partition coefficient (Wildman–Crippen LogP) is 1.02. The first-order valence-corrected chi connectivity index (χ1v) is 10.3. The van der Waals surface area contributed by atoms with Crippen LogP contribution in [0.1, 0.15) is 25.3 Å². The zero-order valence-corrected chi connectivity index (χ0v) is 15.0. The van der Waals surface area contributed by atoms with Gasteiger partial charge in [0.05, 0.1) is 17.6 Å². The molecule has 6 nitrogen and oxygen atoms in total. The minimum atomic E-state index is -3.12. The first kappa shape index (κ1) is 18.7. The first-order chi connectivity index (χ1) is 11.5. The number of rotatable bonds is 7. The molecular weight excluding hydrogens is 326 g/mol. The number of aliphatic imine (C=N–C) groups is 1. The fraction of sp³-hybridized carbons (Fsp3) is 0.588. The number of benzene rings is 1. The summed E-state index contributed by atoms with van der Waals surface area (Å²) in [7, 11) is -3.12. The van der Waals surface area contributed by atoms with E-state index in [1.54, 1.807) is 0 Å². The Kier molecular flexibility index (Phi) is 7.05. The number of sulfone groups is 1. The largest absolute Gasteiger partial charge is 0.391 e. The fourth-order valence-corrected chi connectivity index (χ4v) is 4.14. The molecule has 0 bridgehead atoms. The highest BCUT2D eigenvalue weighted by Gasteiger charge is 2.22. The van der Waals surface area contributed by atoms with E-state index in [2.05, 4.69) is 10.3 Å². The van der Waals surface area contributed by atoms with Crippen molar-refractivity contribution < 1.29 is 13.5 Å². The lowest BCUT2D eigenvalue weighted by Gasteiger charge is -2.20. The number of aliphatic hydroxyl groups is 1. The number of nitrogens with one attached hydrogen (secondary N) is 1. The SMILES string of the molecule is CCNC(=NCCCS(=O)(=O)Cc1ccccc1)N1CC[C@@H](O)C1. The maximum Gasteiger partial charge on any atom is 0.194 e. The third kappa shape index (κ3) is 6.13. The zero-order valence-electron chi connectivity index (χ0n) is 14.2. The molecule has 134 valence electrons. The van der Waals surface area contributed by atoms with Crippen LogP contribution in [-0.2, 0) is 15.6 Å². The molecular formula is C17H27N3O3S. The Morgan fingerprint density at radius 2 is 2.12 bits per heavy atom. The van der Waals surface area contributed by atoms with E-state index in [0.29, 0.717) is 19.5 Å². The predicted molar refractivity (Wildman–Crippen MR) is 96.7 cm³/mol. The molecule has 1 aliphatic heterocycles. The minimum Gasteiger partial charge on any atom is -0.391 e. The van der Waals surface area contributed by atoms with Crippen LogP contribution >= 0.6 is 0 Å². The molecule has 0 radical (unpaired) electrons. The Morgan fingerprint density at radius 1 is 1.38 bits per heavy atom. The Balaban J connectivity index is 1.82. The van der Waals surface area contributed by atoms with Gasteiger partial charge in [-0.1, -0.05) is 30.3 Å². The molecule has 1 aromatic rings. The van der Waals surface area contributed by atoms with Gasteiger partial charge in [-0.3, -0.25) is 4.99 Å². The van der Waals surface area contributed by atoms with Gasteiger partial charge in [0.25, 0.3) is 0 Å². The Bertz CT molecular complexity index is 632. The van der Waals surface area contributed by atoms with Gasteiger partial charge in [-0.25, -0.2) is 8.42 Å². The van der Waals surface area contributed by atoms with Crippen LogP contribution in [0.3, 0.4) is 0 Å². The standard InChI is InChI=1S/C17H27N3O3S/c1-2-18-17(20-11-9-16(21)13-20)19-10-6-12-24(22,23)14-15-7-4-3-5-8-15/h3-5,7-8,16,21H,2,6,9-14H2,1H3,(H,18,19)/t16-/m1/s1. The highest BCUT2D eigenvalue weighted by Crippen LogP contribution is 2.10. The summed E-state index contributed by atoms with van der Waals surface area (Å²) in [6.45, 7) is 4.56. The van der Waals surface area contributed by atoms with Crippen molar-refractivity contribution in [3.63, 3.8) is 0 Å². The van der Waals surface area contributed by atoms with Gasteiger partial charge in [-0.05, 0) is 25.3 Å². The van der Waals surface area contributed by atoms with Gasteiger partial charge in [0.15, 0.2) is 15.8 Å². The molecule has 1 heterocycles. The molecule has 0 aliphatic carbocycles. The van der Waals surface area contributed by atoms with Crippen LogP contribution in [0.25, 0.3) is 0 Å². The summed E-state index contributed by atoms with van der Waals surface area (Å²) in [6.07, 6.45) is 0.941. The van der Waals surface area contributed by atoms with Crippen LogP contribution in [0.4, 0.5) is 0 Å². The van der Waals surface area contributed by atoms with Crippen molar-refractivity contribution in [2.45, 2.75) is 31.6 Å². The molecule has 7 heteroatoms. The van der Waals surface area contributed by atoms with Crippen molar-refractivity contribution in [3.8, 4) is 0 Å². The molecule has 1 fully saturated rings. The zero-order chi connectivity index (χ0) is 17.4. The van der Waals surface area contributed by atoms with Gasteiger partial charge in [-0.2, -0.15) is 0 Å². The van der Waals surface area contributed by atoms with Gasteiger partial charge < -0.3 is 15.3 Å². The highest BCUT2D eigenvalue weighted by atomic mass is 32.2. The number of hydrogen-bond donors (Lipinski definition) is 2. The van der Waals surface area contributed by atoms with Crippen molar-refractivity contribution in [2.75, 3.05) is 31.9 Å². The van der Waals surface area contributed by atoms with E-state index in [1.165, 1.54) is 0 Å². The summed E-state index contributed by atoms with van der Waals surface area (Å²) < 4.78 is 24.3. The van der Waals surface area contributed by atoms with Crippen molar-refractivity contribution in [1.29, 1.82) is 0 Å². The number of likely N-dealkylation sites (tertiary alicyclic amines) is 1. The van der Waals surface area contributed by atoms with Gasteiger partial charge in [0.1, 0.15) is 0 Å².